The summed E-state index contributed by atoms with van der Waals surface area (Å²) in [6.07, 6.45) is 0. The van der Waals surface area contributed by atoms with Crippen molar-refractivity contribution in [2.75, 3.05) is 13.2 Å². The summed E-state index contributed by atoms with van der Waals surface area (Å²) >= 11 is 0. The maximum Gasteiger partial charge on any atom is 0.186 e. The van der Waals surface area contributed by atoms with Gasteiger partial charge in [0.05, 0.1) is 6.54 Å². The molecule has 0 radical (unpaired) electrons. The zero-order valence-electron chi connectivity index (χ0n) is 11.1. The average Bonchev–Trinajstić information content (AvgIpc) is 2.23. The molecule has 0 bridgehead atoms. The number of hydrogen-bond acceptors (Lipinski definition) is 2. The predicted molar refractivity (Wildman–Crippen MR) is 86.7 cm³/mol. The third kappa shape index (κ3) is 6.09. The van der Waals surface area contributed by atoms with Crippen molar-refractivity contribution in [3.05, 3.63) is 29.8 Å². The molecule has 0 saturated carbocycles. The Labute approximate surface area is 126 Å². The van der Waals surface area contributed by atoms with E-state index in [1.807, 2.05) is 12.1 Å². The van der Waals surface area contributed by atoms with E-state index < -0.39 is 0 Å². The Morgan fingerprint density at radius 3 is 2.50 bits per heavy atom. The number of nitrogens with two attached hydrogens (primary N) is 2. The molecule has 0 aliphatic heterocycles. The van der Waals surface area contributed by atoms with Crippen molar-refractivity contribution in [3.63, 3.8) is 0 Å². The summed E-state index contributed by atoms with van der Waals surface area (Å²) in [5, 5.41) is 0. The Hall–Kier alpha value is -0.980. The van der Waals surface area contributed by atoms with Gasteiger partial charge in [-0.25, -0.2) is 0 Å². The molecule has 0 fully saturated rings. The quantitative estimate of drug-likeness (QED) is 0.373. The van der Waals surface area contributed by atoms with Crippen LogP contribution in [0.15, 0.2) is 29.3 Å². The van der Waals surface area contributed by atoms with Gasteiger partial charge >= 0.3 is 0 Å². The molecule has 0 unspecified atom stereocenters. The first kappa shape index (κ1) is 17.0. The molecular formula is C13H22IN3O. The second-order valence-electron chi connectivity index (χ2n) is 4.93. The first-order valence-electron chi connectivity index (χ1n) is 5.68. The van der Waals surface area contributed by atoms with Crippen LogP contribution in [0.3, 0.4) is 0 Å². The minimum atomic E-state index is 0. The molecule has 0 saturated heterocycles. The van der Waals surface area contributed by atoms with Crippen LogP contribution in [-0.4, -0.2) is 19.1 Å². The van der Waals surface area contributed by atoms with Crippen molar-refractivity contribution in [2.24, 2.45) is 16.5 Å². The number of guanidine groups is 1. The normalized spacial score (nSPS) is 10.4. The number of hydrogen-bond donors (Lipinski definition) is 2. The van der Waals surface area contributed by atoms with E-state index in [-0.39, 0.29) is 35.4 Å². The minimum absolute atomic E-state index is 0. The van der Waals surface area contributed by atoms with Gasteiger partial charge in [0.2, 0.25) is 0 Å². The number of nitrogens with zero attached hydrogens (tertiary/aromatic N) is 1. The second-order valence-corrected chi connectivity index (χ2v) is 4.93. The fraction of sp³-hybridized carbons (Fsp3) is 0.462. The van der Waals surface area contributed by atoms with Crippen molar-refractivity contribution in [1.82, 2.24) is 0 Å². The number of benzene rings is 1. The van der Waals surface area contributed by atoms with Gasteiger partial charge in [-0.2, -0.15) is 0 Å². The van der Waals surface area contributed by atoms with E-state index in [0.717, 1.165) is 5.75 Å². The summed E-state index contributed by atoms with van der Waals surface area (Å²) in [5.41, 5.74) is 11.8. The van der Waals surface area contributed by atoms with E-state index in [9.17, 15) is 0 Å². The maximum atomic E-state index is 5.57. The Bertz CT molecular complexity index is 395. The van der Waals surface area contributed by atoms with E-state index in [0.29, 0.717) is 13.2 Å². The van der Waals surface area contributed by atoms with Gasteiger partial charge in [-0.15, -0.1) is 24.0 Å². The minimum Gasteiger partial charge on any atom is -0.492 e. The topological polar surface area (TPSA) is 73.6 Å². The van der Waals surface area contributed by atoms with Crippen LogP contribution < -0.4 is 16.2 Å². The van der Waals surface area contributed by atoms with Crippen LogP contribution in [-0.2, 0) is 5.41 Å². The van der Waals surface area contributed by atoms with Crippen LogP contribution >= 0.6 is 24.0 Å². The highest BCUT2D eigenvalue weighted by atomic mass is 127. The standard InChI is InChI=1S/C13H21N3O.HI/c1-13(2,3)10-5-4-6-11(9-10)17-8-7-16-12(14)15;/h4-6,9H,7-8H2,1-3H3,(H4,14,15,16);1H. The van der Waals surface area contributed by atoms with Gasteiger partial charge in [-0.1, -0.05) is 32.9 Å². The number of rotatable bonds is 4. The maximum absolute atomic E-state index is 5.57. The Morgan fingerprint density at radius 1 is 1.28 bits per heavy atom. The van der Waals surface area contributed by atoms with Crippen LogP contribution in [0.5, 0.6) is 5.75 Å². The smallest absolute Gasteiger partial charge is 0.186 e. The monoisotopic (exact) mass is 363 g/mol. The molecule has 4 nitrogen and oxygen atoms in total. The molecule has 0 aromatic heterocycles. The van der Waals surface area contributed by atoms with Gasteiger partial charge in [0.1, 0.15) is 12.4 Å². The molecule has 0 atom stereocenters. The van der Waals surface area contributed by atoms with E-state index >= 15 is 0 Å². The number of ether oxygens (including phenoxy) is 1. The second kappa shape index (κ2) is 7.45. The predicted octanol–water partition coefficient (Wildman–Crippen LogP) is 2.25. The lowest BCUT2D eigenvalue weighted by Gasteiger charge is -2.19. The van der Waals surface area contributed by atoms with Gasteiger partial charge in [-0.3, -0.25) is 4.99 Å². The molecule has 18 heavy (non-hydrogen) atoms. The molecule has 5 heteroatoms. The van der Waals surface area contributed by atoms with Gasteiger partial charge in [0.15, 0.2) is 5.96 Å². The highest BCUT2D eigenvalue weighted by molar-refractivity contribution is 14.0. The molecule has 102 valence electrons. The van der Waals surface area contributed by atoms with E-state index in [1.54, 1.807) is 0 Å². The lowest BCUT2D eigenvalue weighted by Crippen LogP contribution is -2.23. The summed E-state index contributed by atoms with van der Waals surface area (Å²) in [4.78, 5) is 3.86. The van der Waals surface area contributed by atoms with Gasteiger partial charge in [0.25, 0.3) is 0 Å². The van der Waals surface area contributed by atoms with Gasteiger partial charge in [-0.05, 0) is 23.1 Å². The van der Waals surface area contributed by atoms with Crippen LogP contribution in [0.2, 0.25) is 0 Å². The largest absolute Gasteiger partial charge is 0.492 e. The molecule has 0 spiro atoms. The summed E-state index contributed by atoms with van der Waals surface area (Å²) < 4.78 is 5.57. The highest BCUT2D eigenvalue weighted by Gasteiger charge is 2.13. The molecular weight excluding hydrogens is 341 g/mol. The first-order valence-corrected chi connectivity index (χ1v) is 5.68. The van der Waals surface area contributed by atoms with Crippen LogP contribution in [0.4, 0.5) is 0 Å². The van der Waals surface area contributed by atoms with Crippen LogP contribution in [0.1, 0.15) is 26.3 Å². The third-order valence-electron chi connectivity index (χ3n) is 2.35. The van der Waals surface area contributed by atoms with Gasteiger partial charge < -0.3 is 16.2 Å². The lowest BCUT2D eigenvalue weighted by molar-refractivity contribution is 0.327. The van der Waals surface area contributed by atoms with E-state index in [4.69, 9.17) is 16.2 Å². The molecule has 0 amide bonds. The van der Waals surface area contributed by atoms with Crippen LogP contribution in [0, 0.1) is 0 Å². The van der Waals surface area contributed by atoms with E-state index in [2.05, 4.69) is 37.9 Å². The molecule has 0 aliphatic rings. The van der Waals surface area contributed by atoms with Crippen molar-refractivity contribution < 1.29 is 4.74 Å². The molecule has 1 rings (SSSR count). The average molecular weight is 363 g/mol. The Balaban J connectivity index is 0.00000289. The lowest BCUT2D eigenvalue weighted by atomic mass is 9.87. The molecule has 1 aromatic rings. The molecule has 1 aromatic carbocycles. The fourth-order valence-corrected chi connectivity index (χ4v) is 1.39. The summed E-state index contributed by atoms with van der Waals surface area (Å²) in [6.45, 7) is 7.47. The molecule has 0 heterocycles. The van der Waals surface area contributed by atoms with E-state index in [1.165, 1.54) is 5.56 Å². The molecule has 4 N–H and O–H groups in total. The van der Waals surface area contributed by atoms with Crippen molar-refractivity contribution in [2.45, 2.75) is 26.2 Å². The first-order chi connectivity index (χ1) is 7.89. The van der Waals surface area contributed by atoms with Crippen molar-refractivity contribution in [1.29, 1.82) is 0 Å². The zero-order chi connectivity index (χ0) is 12.9. The zero-order valence-corrected chi connectivity index (χ0v) is 13.5. The highest BCUT2D eigenvalue weighted by Crippen LogP contribution is 2.25. The summed E-state index contributed by atoms with van der Waals surface area (Å²) in [6, 6.07) is 8.08. The van der Waals surface area contributed by atoms with Crippen molar-refractivity contribution in [3.8, 4) is 5.75 Å². The fourth-order valence-electron chi connectivity index (χ4n) is 1.39. The summed E-state index contributed by atoms with van der Waals surface area (Å²) in [5.74, 6) is 0.945. The van der Waals surface area contributed by atoms with Gasteiger partial charge in [0, 0.05) is 0 Å². The Kier molecular flexibility index (Phi) is 7.05. The number of aliphatic imine (C=N–C) groups is 1. The third-order valence-corrected chi connectivity index (χ3v) is 2.35. The van der Waals surface area contributed by atoms with Crippen molar-refractivity contribution >= 4 is 29.9 Å². The SMILES string of the molecule is CC(C)(C)c1cccc(OCCN=C(N)N)c1.I. The van der Waals surface area contributed by atoms with Crippen LogP contribution in [0.25, 0.3) is 0 Å². The number of halogens is 1. The molecule has 0 aliphatic carbocycles. The Morgan fingerprint density at radius 2 is 1.94 bits per heavy atom. The summed E-state index contributed by atoms with van der Waals surface area (Å²) in [7, 11) is 0.